The number of thiophene rings is 1. The van der Waals surface area contributed by atoms with Crippen molar-refractivity contribution >= 4 is 22.7 Å². The Balaban J connectivity index is 1.80. The van der Waals surface area contributed by atoms with Crippen molar-refractivity contribution in [3.8, 4) is 10.6 Å². The van der Waals surface area contributed by atoms with Crippen molar-refractivity contribution in [3.05, 3.63) is 63.3 Å². The molecule has 0 saturated carbocycles. The Hall–Kier alpha value is -1.66. The van der Waals surface area contributed by atoms with Gasteiger partial charge in [0.15, 0.2) is 0 Å². The molecule has 3 aromatic rings. The summed E-state index contributed by atoms with van der Waals surface area (Å²) < 4.78 is 37.6. The van der Waals surface area contributed by atoms with Gasteiger partial charge < -0.3 is 0 Å². The Bertz CT molecular complexity index is 712. The second kappa shape index (κ2) is 5.61. The maximum absolute atomic E-state index is 12.5. The third kappa shape index (κ3) is 3.33. The van der Waals surface area contributed by atoms with E-state index in [9.17, 15) is 13.2 Å². The molecule has 3 rings (SSSR count). The highest BCUT2D eigenvalue weighted by Gasteiger charge is 2.30. The van der Waals surface area contributed by atoms with Crippen molar-refractivity contribution in [2.24, 2.45) is 0 Å². The van der Waals surface area contributed by atoms with Crippen LogP contribution in [-0.4, -0.2) is 4.98 Å². The number of halogens is 3. The van der Waals surface area contributed by atoms with Crippen LogP contribution >= 0.6 is 22.7 Å². The number of thiazole rings is 1. The van der Waals surface area contributed by atoms with Crippen molar-refractivity contribution in [1.29, 1.82) is 0 Å². The predicted molar refractivity (Wildman–Crippen MR) is 79.7 cm³/mol. The van der Waals surface area contributed by atoms with E-state index in [1.807, 2.05) is 16.8 Å². The smallest absolute Gasteiger partial charge is 0.241 e. The van der Waals surface area contributed by atoms with E-state index < -0.39 is 11.7 Å². The molecule has 0 aliphatic rings. The molecule has 0 aliphatic carbocycles. The number of aromatic nitrogens is 1. The van der Waals surface area contributed by atoms with Gasteiger partial charge in [-0.05, 0) is 34.5 Å². The van der Waals surface area contributed by atoms with Gasteiger partial charge in [0.05, 0.1) is 11.3 Å². The predicted octanol–water partition coefficient (Wildman–Crippen LogP) is 5.48. The van der Waals surface area contributed by atoms with E-state index in [0.29, 0.717) is 5.56 Å². The van der Waals surface area contributed by atoms with Crippen LogP contribution in [-0.2, 0) is 12.6 Å². The van der Waals surface area contributed by atoms with Crippen molar-refractivity contribution in [2.75, 3.05) is 0 Å². The fourth-order valence-corrected chi connectivity index (χ4v) is 3.42. The standard InChI is InChI=1S/C15H10F3NS2/c16-15(17,18)12-3-1-11(2-4-12)14-19-13(9-21-14)7-10-5-6-20-8-10/h1-6,8-9H,7H2. The van der Waals surface area contributed by atoms with E-state index in [1.165, 1.54) is 29.0 Å². The molecular formula is C15H10F3NS2. The normalized spacial score (nSPS) is 11.8. The fraction of sp³-hybridized carbons (Fsp3) is 0.133. The molecule has 6 heteroatoms. The summed E-state index contributed by atoms with van der Waals surface area (Å²) in [5, 5.41) is 6.77. The molecule has 0 atom stereocenters. The van der Waals surface area contributed by atoms with Crippen molar-refractivity contribution in [2.45, 2.75) is 12.6 Å². The van der Waals surface area contributed by atoms with Gasteiger partial charge in [-0.25, -0.2) is 4.98 Å². The second-order valence-corrected chi connectivity index (χ2v) is 6.17. The molecule has 0 fully saturated rings. The van der Waals surface area contributed by atoms with Crippen LogP contribution in [0.1, 0.15) is 16.8 Å². The minimum Gasteiger partial charge on any atom is -0.241 e. The molecule has 0 saturated heterocycles. The van der Waals surface area contributed by atoms with E-state index in [2.05, 4.69) is 10.4 Å². The topological polar surface area (TPSA) is 12.9 Å². The molecule has 21 heavy (non-hydrogen) atoms. The van der Waals surface area contributed by atoms with Gasteiger partial charge in [0.1, 0.15) is 5.01 Å². The van der Waals surface area contributed by atoms with Crippen LogP contribution in [0.25, 0.3) is 10.6 Å². The van der Waals surface area contributed by atoms with E-state index in [-0.39, 0.29) is 0 Å². The summed E-state index contributed by atoms with van der Waals surface area (Å²) in [6, 6.07) is 7.17. The molecule has 2 aromatic heterocycles. The number of rotatable bonds is 3. The lowest BCUT2D eigenvalue weighted by Crippen LogP contribution is -2.03. The molecule has 0 N–H and O–H groups in total. The molecule has 0 radical (unpaired) electrons. The molecule has 108 valence electrons. The van der Waals surface area contributed by atoms with Crippen LogP contribution in [0.3, 0.4) is 0 Å². The van der Waals surface area contributed by atoms with Crippen LogP contribution < -0.4 is 0 Å². The summed E-state index contributed by atoms with van der Waals surface area (Å²) in [5.41, 5.74) is 2.21. The highest BCUT2D eigenvalue weighted by Crippen LogP contribution is 2.32. The Labute approximate surface area is 127 Å². The lowest BCUT2D eigenvalue weighted by atomic mass is 10.1. The Morgan fingerprint density at radius 3 is 2.38 bits per heavy atom. The summed E-state index contributed by atoms with van der Waals surface area (Å²) in [6.07, 6.45) is -3.55. The van der Waals surface area contributed by atoms with Crippen molar-refractivity contribution in [3.63, 3.8) is 0 Å². The van der Waals surface area contributed by atoms with Crippen LogP contribution in [0.15, 0.2) is 46.5 Å². The van der Waals surface area contributed by atoms with Gasteiger partial charge in [-0.2, -0.15) is 24.5 Å². The lowest BCUT2D eigenvalue weighted by Gasteiger charge is -2.06. The minimum atomic E-state index is -4.30. The van der Waals surface area contributed by atoms with Crippen LogP contribution in [0.2, 0.25) is 0 Å². The first kappa shape index (κ1) is 14.3. The summed E-state index contributed by atoms with van der Waals surface area (Å²) in [6.45, 7) is 0. The highest BCUT2D eigenvalue weighted by atomic mass is 32.1. The highest BCUT2D eigenvalue weighted by molar-refractivity contribution is 7.13. The summed E-state index contributed by atoms with van der Waals surface area (Å²) >= 11 is 3.08. The Kier molecular flexibility index (Phi) is 3.82. The lowest BCUT2D eigenvalue weighted by molar-refractivity contribution is -0.137. The first-order chi connectivity index (χ1) is 10.0. The molecule has 0 unspecified atom stereocenters. The summed E-state index contributed by atoms with van der Waals surface area (Å²) in [7, 11) is 0. The molecule has 2 heterocycles. The van der Waals surface area contributed by atoms with E-state index in [1.54, 1.807) is 11.3 Å². The van der Waals surface area contributed by atoms with Crippen molar-refractivity contribution in [1.82, 2.24) is 4.98 Å². The van der Waals surface area contributed by atoms with Gasteiger partial charge in [0.25, 0.3) is 0 Å². The van der Waals surface area contributed by atoms with E-state index >= 15 is 0 Å². The number of benzene rings is 1. The van der Waals surface area contributed by atoms with E-state index in [0.717, 1.165) is 29.3 Å². The number of nitrogens with zero attached hydrogens (tertiary/aromatic N) is 1. The Morgan fingerprint density at radius 2 is 1.76 bits per heavy atom. The zero-order chi connectivity index (χ0) is 14.9. The monoisotopic (exact) mass is 325 g/mol. The first-order valence-corrected chi connectivity index (χ1v) is 7.98. The quantitative estimate of drug-likeness (QED) is 0.621. The first-order valence-electron chi connectivity index (χ1n) is 6.15. The van der Waals surface area contributed by atoms with Crippen LogP contribution in [0.4, 0.5) is 13.2 Å². The second-order valence-electron chi connectivity index (χ2n) is 4.53. The zero-order valence-corrected chi connectivity index (χ0v) is 12.4. The molecule has 0 spiro atoms. The van der Waals surface area contributed by atoms with Crippen LogP contribution in [0, 0.1) is 0 Å². The largest absolute Gasteiger partial charge is 0.416 e. The average Bonchev–Trinajstić information content (AvgIpc) is 3.10. The molecule has 1 aromatic carbocycles. The number of hydrogen-bond acceptors (Lipinski definition) is 3. The average molecular weight is 325 g/mol. The number of hydrogen-bond donors (Lipinski definition) is 0. The third-order valence-electron chi connectivity index (χ3n) is 2.98. The van der Waals surface area contributed by atoms with Crippen molar-refractivity contribution < 1.29 is 13.2 Å². The summed E-state index contributed by atoms with van der Waals surface area (Å²) in [4.78, 5) is 4.49. The maximum Gasteiger partial charge on any atom is 0.416 e. The van der Waals surface area contributed by atoms with Gasteiger partial charge in [0.2, 0.25) is 0 Å². The fourth-order valence-electron chi connectivity index (χ4n) is 1.92. The minimum absolute atomic E-state index is 0.638. The maximum atomic E-state index is 12.5. The zero-order valence-electron chi connectivity index (χ0n) is 10.7. The van der Waals surface area contributed by atoms with Gasteiger partial charge in [-0.1, -0.05) is 12.1 Å². The Morgan fingerprint density at radius 1 is 1.00 bits per heavy atom. The van der Waals surface area contributed by atoms with Crippen LogP contribution in [0.5, 0.6) is 0 Å². The molecule has 0 bridgehead atoms. The van der Waals surface area contributed by atoms with Gasteiger partial charge >= 0.3 is 6.18 Å². The third-order valence-corrected chi connectivity index (χ3v) is 4.65. The molecule has 0 aliphatic heterocycles. The van der Waals surface area contributed by atoms with Gasteiger partial charge in [0, 0.05) is 17.4 Å². The molecule has 0 amide bonds. The van der Waals surface area contributed by atoms with Gasteiger partial charge in [-0.15, -0.1) is 11.3 Å². The molecule has 1 nitrogen and oxygen atoms in total. The summed E-state index contributed by atoms with van der Waals surface area (Å²) in [5.74, 6) is 0. The molecular weight excluding hydrogens is 315 g/mol. The SMILES string of the molecule is FC(F)(F)c1ccc(-c2nc(Cc3ccsc3)cs2)cc1. The number of alkyl halides is 3. The van der Waals surface area contributed by atoms with E-state index in [4.69, 9.17) is 0 Å². The van der Waals surface area contributed by atoms with Gasteiger partial charge in [-0.3, -0.25) is 0 Å².